The number of aryl methyl sites for hydroxylation is 1. The minimum absolute atomic E-state index is 0.140. The van der Waals surface area contributed by atoms with Crippen LogP contribution in [0.15, 0.2) is 24.3 Å². The fourth-order valence-corrected chi connectivity index (χ4v) is 4.97. The van der Waals surface area contributed by atoms with Crippen molar-refractivity contribution in [2.75, 3.05) is 37.4 Å². The van der Waals surface area contributed by atoms with Crippen LogP contribution in [0.3, 0.4) is 0 Å². The predicted octanol–water partition coefficient (Wildman–Crippen LogP) is 3.80. The molecule has 0 radical (unpaired) electrons. The molecule has 0 bridgehead atoms. The Morgan fingerprint density at radius 3 is 2.71 bits per heavy atom. The number of fused-ring (bicyclic) bond motifs is 1. The Bertz CT molecular complexity index is 980. The molecule has 1 aromatic heterocycles. The molecule has 0 atom stereocenters. The highest BCUT2D eigenvalue weighted by atomic mass is 32.1. The molecule has 31 heavy (non-hydrogen) atoms. The van der Waals surface area contributed by atoms with Crippen LogP contribution in [0.4, 0.5) is 10.7 Å². The monoisotopic (exact) mass is 440 g/mol. The number of hydrogen-bond donors (Lipinski definition) is 2. The van der Waals surface area contributed by atoms with E-state index >= 15 is 0 Å². The molecule has 2 N–H and O–H groups in total. The fraction of sp³-hybridized carbons (Fsp3) is 0.435. The number of hydrogen-bond acceptors (Lipinski definition) is 6. The molecule has 0 saturated heterocycles. The van der Waals surface area contributed by atoms with Crippen LogP contribution in [-0.2, 0) is 22.4 Å². The molecule has 1 aliphatic carbocycles. The summed E-state index contributed by atoms with van der Waals surface area (Å²) < 4.78 is 5.26. The fourth-order valence-electron chi connectivity index (χ4n) is 3.71. The number of ether oxygens (including phenoxy) is 1. The topological polar surface area (TPSA) is 94.5 Å². The van der Waals surface area contributed by atoms with Gasteiger partial charge in [-0.05, 0) is 49.9 Å². The smallest absolute Gasteiger partial charge is 0.238 e. The highest BCUT2D eigenvalue weighted by molar-refractivity contribution is 7.16. The number of methoxy groups -OCH3 is 1. The first kappa shape index (κ1) is 22.8. The molecule has 0 aliphatic heterocycles. The van der Waals surface area contributed by atoms with E-state index in [0.717, 1.165) is 31.2 Å². The Hall–Kier alpha value is -2.89. The molecule has 3 rings (SSSR count). The van der Waals surface area contributed by atoms with Gasteiger partial charge in [-0.25, -0.2) is 0 Å². The van der Waals surface area contributed by atoms with Gasteiger partial charge in [-0.2, -0.15) is 5.26 Å². The third-order valence-corrected chi connectivity index (χ3v) is 6.59. The van der Waals surface area contributed by atoms with Crippen LogP contribution < -0.4 is 15.4 Å². The van der Waals surface area contributed by atoms with Crippen molar-refractivity contribution in [2.24, 2.45) is 0 Å². The molecular weight excluding hydrogens is 412 g/mol. The summed E-state index contributed by atoms with van der Waals surface area (Å²) >= 11 is 1.53. The van der Waals surface area contributed by atoms with Gasteiger partial charge in [-0.1, -0.05) is 19.1 Å². The number of carbonyl (C=O) groups excluding carboxylic acids is 2. The largest absolute Gasteiger partial charge is 0.495 e. The van der Waals surface area contributed by atoms with Gasteiger partial charge in [0.15, 0.2) is 0 Å². The van der Waals surface area contributed by atoms with Gasteiger partial charge >= 0.3 is 0 Å². The van der Waals surface area contributed by atoms with E-state index in [9.17, 15) is 14.9 Å². The lowest BCUT2D eigenvalue weighted by atomic mass is 9.96. The first-order valence-corrected chi connectivity index (χ1v) is 11.4. The van der Waals surface area contributed by atoms with E-state index < -0.39 is 0 Å². The summed E-state index contributed by atoms with van der Waals surface area (Å²) in [6.45, 7) is 3.23. The van der Waals surface area contributed by atoms with Crippen LogP contribution in [0.2, 0.25) is 0 Å². The van der Waals surface area contributed by atoms with Gasteiger partial charge in [-0.15, -0.1) is 11.3 Å². The van der Waals surface area contributed by atoms with Crippen molar-refractivity contribution in [1.29, 1.82) is 5.26 Å². The molecule has 7 nitrogen and oxygen atoms in total. The van der Waals surface area contributed by atoms with Crippen LogP contribution in [0.1, 0.15) is 42.2 Å². The number of likely N-dealkylation sites (N-methyl/N-ethyl adjacent to an activating group) is 1. The number of carbonyl (C=O) groups is 2. The minimum atomic E-state index is -0.163. The first-order valence-electron chi connectivity index (χ1n) is 10.5. The molecule has 1 heterocycles. The minimum Gasteiger partial charge on any atom is -0.495 e. The molecule has 1 aliphatic rings. The number of nitrogens with one attached hydrogen (secondary N) is 2. The van der Waals surface area contributed by atoms with E-state index in [0.29, 0.717) is 35.1 Å². The Morgan fingerprint density at radius 2 is 1.97 bits per heavy atom. The van der Waals surface area contributed by atoms with Gasteiger partial charge in [-0.3, -0.25) is 14.5 Å². The lowest BCUT2D eigenvalue weighted by molar-refractivity contribution is -0.119. The maximum Gasteiger partial charge on any atom is 0.238 e. The van der Waals surface area contributed by atoms with Gasteiger partial charge in [0.1, 0.15) is 16.8 Å². The number of benzene rings is 1. The van der Waals surface area contributed by atoms with Crippen LogP contribution in [-0.4, -0.2) is 43.5 Å². The molecule has 2 amide bonds. The SMILES string of the molecule is CCN(CCC(=O)Nc1sc2c(c1C#N)CCCC2)CC(=O)Nc1ccccc1OC. The van der Waals surface area contributed by atoms with E-state index in [-0.39, 0.29) is 24.8 Å². The highest BCUT2D eigenvalue weighted by Crippen LogP contribution is 2.37. The number of nitriles is 1. The van der Waals surface area contributed by atoms with Crippen molar-refractivity contribution in [2.45, 2.75) is 39.0 Å². The van der Waals surface area contributed by atoms with Crippen molar-refractivity contribution in [3.63, 3.8) is 0 Å². The maximum absolute atomic E-state index is 12.5. The van der Waals surface area contributed by atoms with Crippen molar-refractivity contribution in [1.82, 2.24) is 4.90 Å². The zero-order valence-corrected chi connectivity index (χ0v) is 18.8. The number of amides is 2. The molecule has 8 heteroatoms. The summed E-state index contributed by atoms with van der Waals surface area (Å²) in [4.78, 5) is 28.1. The molecule has 0 fully saturated rings. The van der Waals surface area contributed by atoms with Crippen molar-refractivity contribution in [3.05, 3.63) is 40.3 Å². The summed E-state index contributed by atoms with van der Waals surface area (Å²) in [6, 6.07) is 9.51. The van der Waals surface area contributed by atoms with Crippen LogP contribution in [0.25, 0.3) is 0 Å². The highest BCUT2D eigenvalue weighted by Gasteiger charge is 2.22. The van der Waals surface area contributed by atoms with Gasteiger partial charge in [0, 0.05) is 17.8 Å². The van der Waals surface area contributed by atoms with Crippen molar-refractivity contribution < 1.29 is 14.3 Å². The number of nitrogens with zero attached hydrogens (tertiary/aromatic N) is 2. The molecular formula is C23H28N4O3S. The summed E-state index contributed by atoms with van der Waals surface area (Å²) in [6.07, 6.45) is 4.37. The third-order valence-electron chi connectivity index (χ3n) is 5.39. The maximum atomic E-state index is 12.5. The predicted molar refractivity (Wildman–Crippen MR) is 123 cm³/mol. The average molecular weight is 441 g/mol. The summed E-state index contributed by atoms with van der Waals surface area (Å²) in [5, 5.41) is 16.0. The van der Waals surface area contributed by atoms with Gasteiger partial charge in [0.2, 0.25) is 11.8 Å². The number of thiophene rings is 1. The Balaban J connectivity index is 1.52. The summed E-state index contributed by atoms with van der Waals surface area (Å²) in [5.74, 6) is 0.299. The van der Waals surface area contributed by atoms with E-state index in [2.05, 4.69) is 16.7 Å². The van der Waals surface area contributed by atoms with E-state index in [1.807, 2.05) is 24.0 Å². The molecule has 0 unspecified atom stereocenters. The number of rotatable bonds is 9. The molecule has 2 aromatic rings. The Kier molecular flexibility index (Phi) is 8.04. The quantitative estimate of drug-likeness (QED) is 0.619. The second-order valence-corrected chi connectivity index (χ2v) is 8.55. The van der Waals surface area contributed by atoms with Crippen molar-refractivity contribution >= 4 is 33.8 Å². The molecule has 1 aromatic carbocycles. The van der Waals surface area contributed by atoms with E-state index in [4.69, 9.17) is 4.74 Å². The zero-order valence-electron chi connectivity index (χ0n) is 18.0. The lowest BCUT2D eigenvalue weighted by Gasteiger charge is -2.20. The Labute approximate surface area is 187 Å². The van der Waals surface area contributed by atoms with Gasteiger partial charge in [0.25, 0.3) is 0 Å². The third kappa shape index (κ3) is 5.84. The van der Waals surface area contributed by atoms with Gasteiger partial charge in [0.05, 0.1) is 24.9 Å². The summed E-state index contributed by atoms with van der Waals surface area (Å²) in [7, 11) is 1.56. The summed E-state index contributed by atoms with van der Waals surface area (Å²) in [5.41, 5.74) is 2.35. The normalized spacial score (nSPS) is 12.7. The van der Waals surface area contributed by atoms with Gasteiger partial charge < -0.3 is 15.4 Å². The zero-order chi connectivity index (χ0) is 22.2. The second kappa shape index (κ2) is 10.9. The average Bonchev–Trinajstić information content (AvgIpc) is 3.13. The Morgan fingerprint density at radius 1 is 1.19 bits per heavy atom. The first-order chi connectivity index (χ1) is 15.0. The van der Waals surface area contributed by atoms with Crippen LogP contribution >= 0.6 is 11.3 Å². The van der Waals surface area contributed by atoms with E-state index in [1.54, 1.807) is 19.2 Å². The lowest BCUT2D eigenvalue weighted by Crippen LogP contribution is -2.35. The van der Waals surface area contributed by atoms with E-state index in [1.165, 1.54) is 16.2 Å². The van der Waals surface area contributed by atoms with Crippen molar-refractivity contribution in [3.8, 4) is 11.8 Å². The number of para-hydroxylation sites is 2. The second-order valence-electron chi connectivity index (χ2n) is 7.44. The number of anilines is 2. The van der Waals surface area contributed by atoms with Crippen LogP contribution in [0, 0.1) is 11.3 Å². The molecule has 0 saturated carbocycles. The standard InChI is InChI=1S/C23H28N4O3S/c1-3-27(15-22(29)25-18-9-5-6-10-19(18)30-2)13-12-21(28)26-23-17(14-24)16-8-4-7-11-20(16)31-23/h5-6,9-10H,3-4,7-8,11-13,15H2,1-2H3,(H,25,29)(H,26,28). The molecule has 0 spiro atoms. The van der Waals surface area contributed by atoms with Crippen LogP contribution in [0.5, 0.6) is 5.75 Å². The molecule has 164 valence electrons.